The van der Waals surface area contributed by atoms with E-state index < -0.39 is 5.60 Å². The molecule has 1 N–H and O–H groups in total. The van der Waals surface area contributed by atoms with Gasteiger partial charge in [-0.05, 0) is 45.1 Å². The molecule has 1 fully saturated rings. The third kappa shape index (κ3) is 6.40. The fraction of sp³-hybridized carbons (Fsp3) is 0.600. The number of carbonyl (C=O) groups excluding carboxylic acids is 2. The second-order valence-corrected chi connectivity index (χ2v) is 7.82. The molecule has 1 atom stereocenters. The molecule has 0 aliphatic carbocycles. The van der Waals surface area contributed by atoms with Crippen LogP contribution in [0.2, 0.25) is 0 Å². The van der Waals surface area contributed by atoms with Crippen LogP contribution in [-0.2, 0) is 9.53 Å². The minimum atomic E-state index is -0.492. The van der Waals surface area contributed by atoms with Gasteiger partial charge in [-0.15, -0.1) is 0 Å². The Labute approximate surface area is 150 Å². The minimum Gasteiger partial charge on any atom is -0.444 e. The van der Waals surface area contributed by atoms with E-state index in [0.717, 1.165) is 12.8 Å². The fourth-order valence-corrected chi connectivity index (χ4v) is 3.04. The average Bonchev–Trinajstić information content (AvgIpc) is 2.54. The number of ether oxygens (including phenoxy) is 1. The van der Waals surface area contributed by atoms with Crippen LogP contribution in [0.4, 0.5) is 4.79 Å². The highest BCUT2D eigenvalue weighted by atomic mass is 16.6. The molecule has 1 saturated heterocycles. The molecule has 0 bridgehead atoms. The molecule has 1 heterocycles. The maximum absolute atomic E-state index is 12.5. The molecule has 1 aromatic carbocycles. The van der Waals surface area contributed by atoms with E-state index in [0.29, 0.717) is 19.5 Å². The predicted molar refractivity (Wildman–Crippen MR) is 98.4 cm³/mol. The lowest BCUT2D eigenvalue weighted by Crippen LogP contribution is -2.47. The van der Waals surface area contributed by atoms with Crippen LogP contribution >= 0.6 is 0 Å². The van der Waals surface area contributed by atoms with Crippen LogP contribution in [0.25, 0.3) is 0 Å². The van der Waals surface area contributed by atoms with Crippen LogP contribution in [0, 0.1) is 0 Å². The zero-order valence-corrected chi connectivity index (χ0v) is 15.7. The molecule has 1 aliphatic heterocycles. The summed E-state index contributed by atoms with van der Waals surface area (Å²) in [7, 11) is 0. The minimum absolute atomic E-state index is 0.0745. The third-order valence-corrected chi connectivity index (χ3v) is 4.42. The van der Waals surface area contributed by atoms with Gasteiger partial charge in [0, 0.05) is 25.6 Å². The molecular formula is C20H30N2O3. The maximum atomic E-state index is 12.5. The van der Waals surface area contributed by atoms with E-state index in [9.17, 15) is 9.59 Å². The molecule has 1 aromatic rings. The van der Waals surface area contributed by atoms with E-state index in [-0.39, 0.29) is 24.0 Å². The number of likely N-dealkylation sites (tertiary alicyclic amines) is 1. The first-order valence-corrected chi connectivity index (χ1v) is 9.07. The van der Waals surface area contributed by atoms with Crippen LogP contribution in [-0.4, -0.2) is 41.6 Å². The lowest BCUT2D eigenvalue weighted by Gasteiger charge is -2.33. The molecule has 5 heteroatoms. The highest BCUT2D eigenvalue weighted by molar-refractivity contribution is 5.77. The number of piperidine rings is 1. The number of alkyl carbamates (subject to hydrolysis) is 1. The van der Waals surface area contributed by atoms with E-state index in [4.69, 9.17) is 4.74 Å². The number of hydrogen-bond acceptors (Lipinski definition) is 3. The SMILES string of the molecule is C[C@@H](CC(=O)N1CCC(NC(=O)OC(C)(C)C)CC1)c1ccccc1. The Kier molecular flexibility index (Phi) is 6.45. The van der Waals surface area contributed by atoms with E-state index in [1.807, 2.05) is 43.9 Å². The predicted octanol–water partition coefficient (Wildman–Crippen LogP) is 3.70. The largest absolute Gasteiger partial charge is 0.444 e. The summed E-state index contributed by atoms with van der Waals surface area (Å²) in [6, 6.07) is 10.2. The molecule has 1 aliphatic rings. The lowest BCUT2D eigenvalue weighted by molar-refractivity contribution is -0.132. The molecule has 2 amide bonds. The smallest absolute Gasteiger partial charge is 0.407 e. The molecule has 0 unspecified atom stereocenters. The summed E-state index contributed by atoms with van der Waals surface area (Å²) in [5.41, 5.74) is 0.700. The van der Waals surface area contributed by atoms with Crippen molar-refractivity contribution in [2.24, 2.45) is 0 Å². The van der Waals surface area contributed by atoms with Gasteiger partial charge in [0.25, 0.3) is 0 Å². The first-order valence-electron chi connectivity index (χ1n) is 9.07. The van der Waals surface area contributed by atoms with Crippen molar-refractivity contribution in [3.05, 3.63) is 35.9 Å². The van der Waals surface area contributed by atoms with Gasteiger partial charge in [0.2, 0.25) is 5.91 Å². The van der Waals surface area contributed by atoms with Gasteiger partial charge in [0.15, 0.2) is 0 Å². The second-order valence-electron chi connectivity index (χ2n) is 7.82. The molecule has 0 radical (unpaired) electrons. The van der Waals surface area contributed by atoms with Crippen LogP contribution in [0.5, 0.6) is 0 Å². The summed E-state index contributed by atoms with van der Waals surface area (Å²) < 4.78 is 5.29. The zero-order chi connectivity index (χ0) is 18.4. The number of nitrogens with zero attached hydrogens (tertiary/aromatic N) is 1. The van der Waals surface area contributed by atoms with Gasteiger partial charge in [-0.1, -0.05) is 37.3 Å². The maximum Gasteiger partial charge on any atom is 0.407 e. The number of rotatable bonds is 4. The summed E-state index contributed by atoms with van der Waals surface area (Å²) in [6.07, 6.45) is 1.68. The van der Waals surface area contributed by atoms with Gasteiger partial charge in [-0.2, -0.15) is 0 Å². The van der Waals surface area contributed by atoms with E-state index in [2.05, 4.69) is 24.4 Å². The lowest BCUT2D eigenvalue weighted by atomic mass is 9.96. The van der Waals surface area contributed by atoms with E-state index >= 15 is 0 Å². The first kappa shape index (κ1) is 19.3. The Balaban J connectivity index is 1.76. The molecular weight excluding hydrogens is 316 g/mol. The summed E-state index contributed by atoms with van der Waals surface area (Å²) in [5, 5.41) is 2.90. The summed E-state index contributed by atoms with van der Waals surface area (Å²) in [5.74, 6) is 0.401. The Bertz CT molecular complexity index is 572. The average molecular weight is 346 g/mol. The van der Waals surface area contributed by atoms with E-state index in [1.54, 1.807) is 0 Å². The van der Waals surface area contributed by atoms with E-state index in [1.165, 1.54) is 5.56 Å². The van der Waals surface area contributed by atoms with Crippen molar-refractivity contribution in [3.8, 4) is 0 Å². The summed E-state index contributed by atoms with van der Waals surface area (Å²) in [4.78, 5) is 26.3. The van der Waals surface area contributed by atoms with Crippen molar-refractivity contribution < 1.29 is 14.3 Å². The summed E-state index contributed by atoms with van der Waals surface area (Å²) >= 11 is 0. The first-order chi connectivity index (χ1) is 11.7. The molecule has 5 nitrogen and oxygen atoms in total. The Morgan fingerprint density at radius 2 is 1.80 bits per heavy atom. The number of benzene rings is 1. The van der Waals surface area contributed by atoms with Crippen LogP contribution in [0.15, 0.2) is 30.3 Å². The number of amides is 2. The van der Waals surface area contributed by atoms with Crippen molar-refractivity contribution in [3.63, 3.8) is 0 Å². The van der Waals surface area contributed by atoms with Gasteiger partial charge in [0.05, 0.1) is 0 Å². The molecule has 25 heavy (non-hydrogen) atoms. The van der Waals surface area contributed by atoms with Crippen molar-refractivity contribution >= 4 is 12.0 Å². The number of carbonyl (C=O) groups is 2. The zero-order valence-electron chi connectivity index (χ0n) is 15.7. The Morgan fingerprint density at radius 1 is 1.20 bits per heavy atom. The molecule has 0 saturated carbocycles. The summed E-state index contributed by atoms with van der Waals surface area (Å²) in [6.45, 7) is 9.00. The van der Waals surface area contributed by atoms with Gasteiger partial charge >= 0.3 is 6.09 Å². The molecule has 138 valence electrons. The van der Waals surface area contributed by atoms with Crippen molar-refractivity contribution in [1.82, 2.24) is 10.2 Å². The molecule has 0 aromatic heterocycles. The normalized spacial score (nSPS) is 17.0. The molecule has 2 rings (SSSR count). The highest BCUT2D eigenvalue weighted by Gasteiger charge is 2.26. The number of hydrogen-bond donors (Lipinski definition) is 1. The third-order valence-electron chi connectivity index (χ3n) is 4.42. The Morgan fingerprint density at radius 3 is 2.36 bits per heavy atom. The quantitative estimate of drug-likeness (QED) is 0.904. The van der Waals surface area contributed by atoms with Crippen LogP contribution in [0.3, 0.4) is 0 Å². The topological polar surface area (TPSA) is 58.6 Å². The van der Waals surface area contributed by atoms with Gasteiger partial charge in [-0.3, -0.25) is 4.79 Å². The monoisotopic (exact) mass is 346 g/mol. The van der Waals surface area contributed by atoms with Crippen molar-refractivity contribution in [2.45, 2.75) is 64.5 Å². The molecule has 0 spiro atoms. The Hall–Kier alpha value is -2.04. The fourth-order valence-electron chi connectivity index (χ4n) is 3.04. The second kappa shape index (κ2) is 8.37. The van der Waals surface area contributed by atoms with Gasteiger partial charge in [-0.25, -0.2) is 4.79 Å². The standard InChI is InChI=1S/C20H30N2O3/c1-15(16-8-6-5-7-9-16)14-18(23)22-12-10-17(11-13-22)21-19(24)25-20(2,3)4/h5-9,15,17H,10-14H2,1-4H3,(H,21,24)/t15-/m0/s1. The van der Waals surface area contributed by atoms with Gasteiger partial charge < -0.3 is 15.0 Å². The van der Waals surface area contributed by atoms with Crippen LogP contribution in [0.1, 0.15) is 58.4 Å². The van der Waals surface area contributed by atoms with Crippen molar-refractivity contribution in [2.75, 3.05) is 13.1 Å². The highest BCUT2D eigenvalue weighted by Crippen LogP contribution is 2.21. The van der Waals surface area contributed by atoms with Crippen molar-refractivity contribution in [1.29, 1.82) is 0 Å². The number of nitrogens with one attached hydrogen (secondary N) is 1. The van der Waals surface area contributed by atoms with Gasteiger partial charge in [0.1, 0.15) is 5.60 Å². The van der Waals surface area contributed by atoms with Crippen LogP contribution < -0.4 is 5.32 Å².